The number of pyridine rings is 1. The minimum atomic E-state index is -0.329. The molecule has 0 aliphatic carbocycles. The summed E-state index contributed by atoms with van der Waals surface area (Å²) in [5.74, 6) is 1.24. The Balaban J connectivity index is 2.54. The minimum absolute atomic E-state index is 0.0616. The Hall–Kier alpha value is -1.44. The Bertz CT molecular complexity index is 451. The van der Waals surface area contributed by atoms with E-state index in [1.165, 1.54) is 0 Å². The molecule has 22 heavy (non-hydrogen) atoms. The standard InChI is InChI=1S/C15H25N3O3S/c1-5-19-13(20-6-2)10-17-15(22)18-14-12(21-11(3)4)8-7-9-16-14/h7-9,11,13H,5-6,10H2,1-4H3,(H2,16,17,18,22). The summed E-state index contributed by atoms with van der Waals surface area (Å²) in [5, 5.41) is 6.53. The van der Waals surface area contributed by atoms with E-state index >= 15 is 0 Å². The Kier molecular flexibility index (Phi) is 8.72. The highest BCUT2D eigenvalue weighted by Gasteiger charge is 2.11. The van der Waals surface area contributed by atoms with Gasteiger partial charge in [-0.25, -0.2) is 4.98 Å². The van der Waals surface area contributed by atoms with Crippen molar-refractivity contribution in [2.24, 2.45) is 0 Å². The number of hydrogen-bond acceptors (Lipinski definition) is 5. The van der Waals surface area contributed by atoms with E-state index in [1.54, 1.807) is 6.20 Å². The van der Waals surface area contributed by atoms with Gasteiger partial charge in [-0.3, -0.25) is 0 Å². The number of ether oxygens (including phenoxy) is 3. The SMILES string of the molecule is CCOC(CNC(=S)Nc1ncccc1OC(C)C)OCC. The number of thiocarbonyl (C=S) groups is 1. The summed E-state index contributed by atoms with van der Waals surface area (Å²) in [4.78, 5) is 4.25. The van der Waals surface area contributed by atoms with E-state index in [4.69, 9.17) is 26.4 Å². The lowest BCUT2D eigenvalue weighted by atomic mass is 10.4. The first-order valence-electron chi connectivity index (χ1n) is 7.46. The first kappa shape index (κ1) is 18.6. The van der Waals surface area contributed by atoms with Gasteiger partial charge in [-0.15, -0.1) is 0 Å². The molecule has 1 aromatic heterocycles. The molecule has 2 N–H and O–H groups in total. The van der Waals surface area contributed by atoms with Gasteiger partial charge in [-0.05, 0) is 52.0 Å². The van der Waals surface area contributed by atoms with Crippen LogP contribution in [0, 0.1) is 0 Å². The summed E-state index contributed by atoms with van der Waals surface area (Å²) in [6.07, 6.45) is 1.41. The number of aromatic nitrogens is 1. The number of rotatable bonds is 9. The highest BCUT2D eigenvalue weighted by molar-refractivity contribution is 7.80. The molecule has 7 heteroatoms. The van der Waals surface area contributed by atoms with E-state index in [0.29, 0.717) is 36.4 Å². The molecule has 0 saturated heterocycles. The number of nitrogens with zero attached hydrogens (tertiary/aromatic N) is 1. The molecule has 124 valence electrons. The summed E-state index contributed by atoms with van der Waals surface area (Å²) in [7, 11) is 0. The zero-order valence-corrected chi connectivity index (χ0v) is 14.4. The summed E-state index contributed by atoms with van der Waals surface area (Å²) >= 11 is 5.27. The topological polar surface area (TPSA) is 64.6 Å². The molecule has 1 heterocycles. The predicted octanol–water partition coefficient (Wildman–Crippen LogP) is 2.55. The third kappa shape index (κ3) is 7.02. The van der Waals surface area contributed by atoms with Gasteiger partial charge >= 0.3 is 0 Å². The molecule has 0 unspecified atom stereocenters. The Morgan fingerprint density at radius 3 is 2.55 bits per heavy atom. The van der Waals surface area contributed by atoms with Gasteiger partial charge in [-0.1, -0.05) is 0 Å². The molecule has 0 amide bonds. The van der Waals surface area contributed by atoms with E-state index in [2.05, 4.69) is 15.6 Å². The zero-order valence-electron chi connectivity index (χ0n) is 13.6. The van der Waals surface area contributed by atoms with Crippen LogP contribution < -0.4 is 15.4 Å². The highest BCUT2D eigenvalue weighted by Crippen LogP contribution is 2.21. The van der Waals surface area contributed by atoms with Crippen LogP contribution >= 0.6 is 12.2 Å². The van der Waals surface area contributed by atoms with Crippen molar-refractivity contribution in [3.63, 3.8) is 0 Å². The second-order valence-electron chi connectivity index (χ2n) is 4.69. The van der Waals surface area contributed by atoms with Crippen molar-refractivity contribution >= 4 is 23.1 Å². The predicted molar refractivity (Wildman–Crippen MR) is 91.3 cm³/mol. The fourth-order valence-electron chi connectivity index (χ4n) is 1.70. The van der Waals surface area contributed by atoms with Gasteiger partial charge in [0.25, 0.3) is 0 Å². The Morgan fingerprint density at radius 2 is 1.95 bits per heavy atom. The molecule has 0 aliphatic rings. The van der Waals surface area contributed by atoms with E-state index in [-0.39, 0.29) is 12.4 Å². The van der Waals surface area contributed by atoms with Crippen LogP contribution in [0.3, 0.4) is 0 Å². The van der Waals surface area contributed by atoms with Crippen molar-refractivity contribution in [2.75, 3.05) is 25.1 Å². The van der Waals surface area contributed by atoms with Crippen LogP contribution in [0.15, 0.2) is 18.3 Å². The first-order valence-corrected chi connectivity index (χ1v) is 7.87. The number of anilines is 1. The lowest BCUT2D eigenvalue weighted by Gasteiger charge is -2.19. The summed E-state index contributed by atoms with van der Waals surface area (Å²) < 4.78 is 16.6. The maximum Gasteiger partial charge on any atom is 0.174 e. The molecule has 0 saturated carbocycles. The van der Waals surface area contributed by atoms with Crippen LogP contribution in [0.25, 0.3) is 0 Å². The van der Waals surface area contributed by atoms with Crippen LogP contribution in [0.5, 0.6) is 5.75 Å². The minimum Gasteiger partial charge on any atom is -0.487 e. The van der Waals surface area contributed by atoms with Crippen LogP contribution in [-0.2, 0) is 9.47 Å². The van der Waals surface area contributed by atoms with Gasteiger partial charge in [0, 0.05) is 19.4 Å². The van der Waals surface area contributed by atoms with Gasteiger partial charge < -0.3 is 24.8 Å². The van der Waals surface area contributed by atoms with Gasteiger partial charge in [-0.2, -0.15) is 0 Å². The monoisotopic (exact) mass is 327 g/mol. The van der Waals surface area contributed by atoms with E-state index in [1.807, 2.05) is 39.8 Å². The van der Waals surface area contributed by atoms with Crippen molar-refractivity contribution in [1.82, 2.24) is 10.3 Å². The fourth-order valence-corrected chi connectivity index (χ4v) is 1.88. The van der Waals surface area contributed by atoms with Crippen molar-refractivity contribution in [3.8, 4) is 5.75 Å². The fraction of sp³-hybridized carbons (Fsp3) is 0.600. The molecule has 0 fully saturated rings. The van der Waals surface area contributed by atoms with Crippen LogP contribution in [0.4, 0.5) is 5.82 Å². The Labute approximate surface area is 137 Å². The van der Waals surface area contributed by atoms with Crippen LogP contribution in [-0.4, -0.2) is 42.2 Å². The molecular formula is C15H25N3O3S. The van der Waals surface area contributed by atoms with Gasteiger partial charge in [0.2, 0.25) is 0 Å². The highest BCUT2D eigenvalue weighted by atomic mass is 32.1. The average Bonchev–Trinajstić information content (AvgIpc) is 2.47. The van der Waals surface area contributed by atoms with Crippen molar-refractivity contribution in [3.05, 3.63) is 18.3 Å². The smallest absolute Gasteiger partial charge is 0.174 e. The van der Waals surface area contributed by atoms with E-state index in [0.717, 1.165) is 0 Å². The van der Waals surface area contributed by atoms with Crippen molar-refractivity contribution in [2.45, 2.75) is 40.1 Å². The summed E-state index contributed by atoms with van der Waals surface area (Å²) in [6.45, 7) is 9.39. The van der Waals surface area contributed by atoms with Crippen LogP contribution in [0.1, 0.15) is 27.7 Å². The molecule has 1 aromatic rings. The van der Waals surface area contributed by atoms with Gasteiger partial charge in [0.05, 0.1) is 12.6 Å². The molecule has 6 nitrogen and oxygen atoms in total. The molecule has 0 spiro atoms. The number of hydrogen-bond donors (Lipinski definition) is 2. The quantitative estimate of drug-likeness (QED) is 0.534. The maximum absolute atomic E-state index is 5.69. The van der Waals surface area contributed by atoms with E-state index < -0.39 is 0 Å². The Morgan fingerprint density at radius 1 is 1.27 bits per heavy atom. The van der Waals surface area contributed by atoms with Crippen molar-refractivity contribution < 1.29 is 14.2 Å². The van der Waals surface area contributed by atoms with Gasteiger partial charge in [0.15, 0.2) is 23.0 Å². The molecule has 0 aromatic carbocycles. The molecule has 0 bridgehead atoms. The third-order valence-electron chi connectivity index (χ3n) is 2.50. The third-order valence-corrected chi connectivity index (χ3v) is 2.75. The lowest BCUT2D eigenvalue weighted by Crippen LogP contribution is -2.37. The molecular weight excluding hydrogens is 302 g/mol. The zero-order chi connectivity index (χ0) is 16.4. The van der Waals surface area contributed by atoms with Crippen LogP contribution in [0.2, 0.25) is 0 Å². The largest absolute Gasteiger partial charge is 0.487 e. The maximum atomic E-state index is 5.69. The second-order valence-corrected chi connectivity index (χ2v) is 5.10. The lowest BCUT2D eigenvalue weighted by molar-refractivity contribution is -0.130. The van der Waals surface area contributed by atoms with Gasteiger partial charge in [0.1, 0.15) is 0 Å². The van der Waals surface area contributed by atoms with E-state index in [9.17, 15) is 0 Å². The summed E-state index contributed by atoms with van der Waals surface area (Å²) in [5.41, 5.74) is 0. The molecule has 0 atom stereocenters. The first-order chi connectivity index (χ1) is 10.6. The summed E-state index contributed by atoms with van der Waals surface area (Å²) in [6, 6.07) is 3.67. The number of nitrogens with one attached hydrogen (secondary N) is 2. The second kappa shape index (κ2) is 10.3. The molecule has 0 aliphatic heterocycles. The molecule has 0 radical (unpaired) electrons. The average molecular weight is 327 g/mol. The molecule has 1 rings (SSSR count). The normalized spacial score (nSPS) is 10.8. The van der Waals surface area contributed by atoms with Crippen molar-refractivity contribution in [1.29, 1.82) is 0 Å².